The minimum Gasteiger partial charge on any atom is -0.395 e. The number of aliphatic hydroxyl groups is 1. The molecule has 1 saturated carbocycles. The van der Waals surface area contributed by atoms with Crippen LogP contribution in [0.3, 0.4) is 0 Å². The van der Waals surface area contributed by atoms with Crippen LogP contribution in [0.25, 0.3) is 0 Å². The van der Waals surface area contributed by atoms with Crippen molar-refractivity contribution in [3.8, 4) is 0 Å². The van der Waals surface area contributed by atoms with Crippen molar-refractivity contribution in [1.29, 1.82) is 0 Å². The van der Waals surface area contributed by atoms with Gasteiger partial charge in [-0.25, -0.2) is 0 Å². The molecule has 1 fully saturated rings. The minimum atomic E-state index is -0.756. The zero-order valence-electron chi connectivity index (χ0n) is 10.6. The Bertz CT molecular complexity index is 435. The molecule has 6 nitrogen and oxygen atoms in total. The summed E-state index contributed by atoms with van der Waals surface area (Å²) in [5.41, 5.74) is 6.44. The highest BCUT2D eigenvalue weighted by Gasteiger charge is 2.31. The summed E-state index contributed by atoms with van der Waals surface area (Å²) in [7, 11) is 0. The zero-order chi connectivity index (χ0) is 13.2. The molecule has 0 bridgehead atoms. The summed E-state index contributed by atoms with van der Waals surface area (Å²) in [5, 5.41) is 19.5. The molecule has 1 aromatic heterocycles. The molecule has 0 radical (unpaired) electrons. The van der Waals surface area contributed by atoms with Crippen LogP contribution in [0.2, 0.25) is 0 Å². The number of hydrogen-bond donors (Lipinski definition) is 4. The molecule has 0 saturated heterocycles. The topological polar surface area (TPSA) is 104 Å². The first-order chi connectivity index (χ1) is 8.56. The molecule has 1 aliphatic carbocycles. The quantitative estimate of drug-likeness (QED) is 0.629. The maximum absolute atomic E-state index is 11.9. The molecule has 0 aliphatic heterocycles. The highest BCUT2D eigenvalue weighted by molar-refractivity contribution is 5.97. The average Bonchev–Trinajstić information content (AvgIpc) is 2.93. The summed E-state index contributed by atoms with van der Waals surface area (Å²) in [5.74, 6) is -0.330. The molecule has 2 rings (SSSR count). The summed E-state index contributed by atoms with van der Waals surface area (Å²) < 4.78 is 0. The first-order valence-corrected chi connectivity index (χ1v) is 6.39. The molecule has 1 amide bonds. The summed E-state index contributed by atoms with van der Waals surface area (Å²) in [6, 6.07) is 0. The van der Waals surface area contributed by atoms with Gasteiger partial charge in [-0.1, -0.05) is 19.8 Å². The Morgan fingerprint density at radius 1 is 1.56 bits per heavy atom. The molecule has 18 heavy (non-hydrogen) atoms. The number of nitrogens with one attached hydrogen (secondary N) is 2. The van der Waals surface area contributed by atoms with Crippen molar-refractivity contribution in [2.24, 2.45) is 0 Å². The van der Waals surface area contributed by atoms with E-state index in [0.29, 0.717) is 12.1 Å². The van der Waals surface area contributed by atoms with Crippen LogP contribution >= 0.6 is 0 Å². The smallest absolute Gasteiger partial charge is 0.274 e. The highest BCUT2D eigenvalue weighted by atomic mass is 16.3. The van der Waals surface area contributed by atoms with E-state index in [0.717, 1.165) is 31.4 Å². The van der Waals surface area contributed by atoms with Gasteiger partial charge in [-0.3, -0.25) is 9.89 Å². The standard InChI is InChI=1S/C12H20N4O2/c1-2-8-9(13)10(16-15-8)11(17)14-7-12(18)5-3-4-6-12/h18H,2-7,13H2,1H3,(H,14,17)(H,15,16). The maximum Gasteiger partial charge on any atom is 0.274 e. The van der Waals surface area contributed by atoms with Crippen molar-refractivity contribution in [3.05, 3.63) is 11.4 Å². The molecule has 1 heterocycles. The molecule has 0 atom stereocenters. The first kappa shape index (κ1) is 12.9. The van der Waals surface area contributed by atoms with Crippen LogP contribution in [0, 0.1) is 0 Å². The molecule has 0 unspecified atom stereocenters. The van der Waals surface area contributed by atoms with Crippen molar-refractivity contribution in [1.82, 2.24) is 15.5 Å². The van der Waals surface area contributed by atoms with Crippen molar-refractivity contribution in [2.45, 2.75) is 44.6 Å². The fraction of sp³-hybridized carbons (Fsp3) is 0.667. The van der Waals surface area contributed by atoms with Gasteiger partial charge >= 0.3 is 0 Å². The lowest BCUT2D eigenvalue weighted by Crippen LogP contribution is -2.41. The molecule has 100 valence electrons. The van der Waals surface area contributed by atoms with Crippen molar-refractivity contribution >= 4 is 11.6 Å². The Labute approximate surface area is 106 Å². The summed E-state index contributed by atoms with van der Waals surface area (Å²) in [4.78, 5) is 11.9. The fourth-order valence-corrected chi connectivity index (χ4v) is 2.37. The SMILES string of the molecule is CCc1[nH]nc(C(=O)NCC2(O)CCCC2)c1N. The largest absolute Gasteiger partial charge is 0.395 e. The van der Waals surface area contributed by atoms with E-state index in [1.807, 2.05) is 6.92 Å². The normalized spacial score (nSPS) is 17.9. The summed E-state index contributed by atoms with van der Waals surface area (Å²) in [6.07, 6.45) is 4.21. The number of aromatic nitrogens is 2. The van der Waals surface area contributed by atoms with E-state index >= 15 is 0 Å². The van der Waals surface area contributed by atoms with E-state index in [1.54, 1.807) is 0 Å². The second-order valence-corrected chi connectivity index (χ2v) is 4.93. The Kier molecular flexibility index (Phi) is 3.56. The molecule has 0 aromatic carbocycles. The van der Waals surface area contributed by atoms with E-state index in [9.17, 15) is 9.90 Å². The number of aromatic amines is 1. The fourth-order valence-electron chi connectivity index (χ4n) is 2.37. The van der Waals surface area contributed by atoms with Crippen LogP contribution in [-0.2, 0) is 6.42 Å². The third-order valence-corrected chi connectivity index (χ3v) is 3.56. The van der Waals surface area contributed by atoms with Gasteiger partial charge in [-0.15, -0.1) is 0 Å². The predicted octanol–water partition coefficient (Wildman–Crippen LogP) is 0.589. The lowest BCUT2D eigenvalue weighted by Gasteiger charge is -2.21. The lowest BCUT2D eigenvalue weighted by molar-refractivity contribution is 0.0449. The number of nitrogen functional groups attached to an aromatic ring is 1. The summed E-state index contributed by atoms with van der Waals surface area (Å²) in [6.45, 7) is 2.20. The van der Waals surface area contributed by atoms with E-state index < -0.39 is 5.60 Å². The maximum atomic E-state index is 11.9. The Morgan fingerprint density at radius 2 is 2.22 bits per heavy atom. The third kappa shape index (κ3) is 2.48. The van der Waals surface area contributed by atoms with E-state index in [1.165, 1.54) is 0 Å². The second-order valence-electron chi connectivity index (χ2n) is 4.93. The van der Waals surface area contributed by atoms with Gasteiger partial charge < -0.3 is 16.2 Å². The number of rotatable bonds is 4. The molecular weight excluding hydrogens is 232 g/mol. The number of carbonyl (C=O) groups excluding carboxylic acids is 1. The Balaban J connectivity index is 1.97. The third-order valence-electron chi connectivity index (χ3n) is 3.56. The van der Waals surface area contributed by atoms with E-state index in [4.69, 9.17) is 5.73 Å². The lowest BCUT2D eigenvalue weighted by atomic mass is 10.0. The number of nitrogens with two attached hydrogens (primary N) is 1. The Morgan fingerprint density at radius 3 is 2.78 bits per heavy atom. The number of aryl methyl sites for hydroxylation is 1. The number of amides is 1. The van der Waals surface area contributed by atoms with Crippen LogP contribution in [0.15, 0.2) is 0 Å². The van der Waals surface area contributed by atoms with Crippen molar-refractivity contribution in [3.63, 3.8) is 0 Å². The number of nitrogens with zero attached hydrogens (tertiary/aromatic N) is 1. The van der Waals surface area contributed by atoms with Gasteiger partial charge in [0.2, 0.25) is 0 Å². The molecular formula is C12H20N4O2. The number of H-pyrrole nitrogens is 1. The molecule has 1 aliphatic rings. The van der Waals surface area contributed by atoms with Crippen molar-refractivity contribution in [2.75, 3.05) is 12.3 Å². The van der Waals surface area contributed by atoms with Gasteiger partial charge in [0, 0.05) is 6.54 Å². The van der Waals surface area contributed by atoms with Gasteiger partial charge in [0.1, 0.15) is 0 Å². The van der Waals surface area contributed by atoms with Gasteiger partial charge in [-0.2, -0.15) is 5.10 Å². The monoisotopic (exact) mass is 252 g/mol. The van der Waals surface area contributed by atoms with Crippen molar-refractivity contribution < 1.29 is 9.90 Å². The molecule has 0 spiro atoms. The van der Waals surface area contributed by atoms with Crippen LogP contribution in [-0.4, -0.2) is 33.4 Å². The molecule has 1 aromatic rings. The van der Waals surface area contributed by atoms with Gasteiger partial charge in [-0.05, 0) is 19.3 Å². The Hall–Kier alpha value is -1.56. The van der Waals surface area contributed by atoms with Crippen LogP contribution < -0.4 is 11.1 Å². The average molecular weight is 252 g/mol. The van der Waals surface area contributed by atoms with Crippen LogP contribution in [0.5, 0.6) is 0 Å². The number of carbonyl (C=O) groups is 1. The molecule has 5 N–H and O–H groups in total. The molecule has 6 heteroatoms. The highest BCUT2D eigenvalue weighted by Crippen LogP contribution is 2.28. The minimum absolute atomic E-state index is 0.216. The van der Waals surface area contributed by atoms with Crippen LogP contribution in [0.1, 0.15) is 48.8 Å². The van der Waals surface area contributed by atoms with E-state index in [2.05, 4.69) is 15.5 Å². The second kappa shape index (κ2) is 4.97. The zero-order valence-corrected chi connectivity index (χ0v) is 10.6. The van der Waals surface area contributed by atoms with Crippen LogP contribution in [0.4, 0.5) is 5.69 Å². The predicted molar refractivity (Wildman–Crippen MR) is 68.1 cm³/mol. The first-order valence-electron chi connectivity index (χ1n) is 6.39. The number of hydrogen-bond acceptors (Lipinski definition) is 4. The number of anilines is 1. The van der Waals surface area contributed by atoms with E-state index in [-0.39, 0.29) is 18.1 Å². The van der Waals surface area contributed by atoms with Gasteiger partial charge in [0.15, 0.2) is 5.69 Å². The van der Waals surface area contributed by atoms with Gasteiger partial charge in [0.25, 0.3) is 5.91 Å². The van der Waals surface area contributed by atoms with Gasteiger partial charge in [0.05, 0.1) is 17.0 Å². The summed E-state index contributed by atoms with van der Waals surface area (Å²) >= 11 is 0.